The summed E-state index contributed by atoms with van der Waals surface area (Å²) < 4.78 is 19.5. The molecule has 0 spiro atoms. The van der Waals surface area contributed by atoms with Crippen molar-refractivity contribution in [3.8, 4) is 5.75 Å². The first kappa shape index (κ1) is 12.7. The van der Waals surface area contributed by atoms with E-state index in [0.717, 1.165) is 10.2 Å². The molecule has 0 amide bonds. The van der Waals surface area contributed by atoms with Crippen LogP contribution < -0.4 is 15.8 Å². The molecule has 102 valence electrons. The van der Waals surface area contributed by atoms with Crippen molar-refractivity contribution in [1.82, 2.24) is 4.98 Å². The van der Waals surface area contributed by atoms with Crippen LogP contribution in [0.1, 0.15) is 0 Å². The number of anilines is 3. The van der Waals surface area contributed by atoms with Crippen molar-refractivity contribution in [3.05, 3.63) is 42.2 Å². The number of nitrogen functional groups attached to an aromatic ring is 1. The highest BCUT2D eigenvalue weighted by atomic mass is 32.1. The average molecular weight is 289 g/mol. The van der Waals surface area contributed by atoms with Gasteiger partial charge < -0.3 is 15.8 Å². The molecule has 0 aliphatic heterocycles. The highest BCUT2D eigenvalue weighted by molar-refractivity contribution is 7.22. The van der Waals surface area contributed by atoms with Gasteiger partial charge in [0.2, 0.25) is 0 Å². The summed E-state index contributed by atoms with van der Waals surface area (Å²) in [6, 6.07) is 10.2. The Balaban J connectivity index is 1.90. The first-order valence-corrected chi connectivity index (χ1v) is 6.74. The minimum absolute atomic E-state index is 0.215. The monoisotopic (exact) mass is 289 g/mol. The van der Waals surface area contributed by atoms with E-state index in [1.54, 1.807) is 18.2 Å². The number of aromatic nitrogens is 1. The van der Waals surface area contributed by atoms with Gasteiger partial charge in [0.1, 0.15) is 0 Å². The van der Waals surface area contributed by atoms with E-state index in [1.165, 1.54) is 24.5 Å². The lowest BCUT2D eigenvalue weighted by molar-refractivity contribution is 0.386. The number of fused-ring (bicyclic) bond motifs is 1. The normalized spacial score (nSPS) is 10.7. The first-order valence-electron chi connectivity index (χ1n) is 5.92. The second kappa shape index (κ2) is 4.97. The van der Waals surface area contributed by atoms with E-state index in [9.17, 15) is 4.39 Å². The Hall–Kier alpha value is -2.34. The topological polar surface area (TPSA) is 60.2 Å². The van der Waals surface area contributed by atoms with Gasteiger partial charge in [-0.15, -0.1) is 0 Å². The molecule has 0 unspecified atom stereocenters. The number of rotatable bonds is 3. The Morgan fingerprint density at radius 3 is 2.85 bits per heavy atom. The number of thiazole rings is 1. The summed E-state index contributed by atoms with van der Waals surface area (Å²) in [5.41, 5.74) is 7.91. The quantitative estimate of drug-likeness (QED) is 0.721. The summed E-state index contributed by atoms with van der Waals surface area (Å²) in [6.07, 6.45) is 0. The van der Waals surface area contributed by atoms with Crippen LogP contribution in [0.2, 0.25) is 0 Å². The van der Waals surface area contributed by atoms with Crippen molar-refractivity contribution < 1.29 is 9.13 Å². The second-order valence-electron chi connectivity index (χ2n) is 4.22. The lowest BCUT2D eigenvalue weighted by Crippen LogP contribution is -1.92. The maximum absolute atomic E-state index is 13.6. The van der Waals surface area contributed by atoms with Crippen LogP contribution in [0.25, 0.3) is 10.2 Å². The number of hydrogen-bond acceptors (Lipinski definition) is 5. The van der Waals surface area contributed by atoms with E-state index in [-0.39, 0.29) is 5.75 Å². The van der Waals surface area contributed by atoms with Crippen molar-refractivity contribution in [3.63, 3.8) is 0 Å². The fourth-order valence-corrected chi connectivity index (χ4v) is 2.80. The highest BCUT2D eigenvalue weighted by Crippen LogP contribution is 2.30. The fourth-order valence-electron chi connectivity index (χ4n) is 1.86. The third-order valence-electron chi connectivity index (χ3n) is 2.82. The molecule has 6 heteroatoms. The molecule has 3 rings (SSSR count). The van der Waals surface area contributed by atoms with E-state index in [2.05, 4.69) is 10.3 Å². The minimum Gasteiger partial charge on any atom is -0.494 e. The van der Waals surface area contributed by atoms with Crippen LogP contribution in [0.4, 0.5) is 20.9 Å². The van der Waals surface area contributed by atoms with Gasteiger partial charge in [-0.1, -0.05) is 11.3 Å². The van der Waals surface area contributed by atoms with Gasteiger partial charge in [-0.05, 0) is 30.3 Å². The van der Waals surface area contributed by atoms with Gasteiger partial charge in [0.05, 0.1) is 17.3 Å². The largest absolute Gasteiger partial charge is 0.494 e. The molecule has 0 fully saturated rings. The van der Waals surface area contributed by atoms with E-state index in [0.29, 0.717) is 16.5 Å². The summed E-state index contributed by atoms with van der Waals surface area (Å²) in [4.78, 5) is 4.42. The number of nitrogens with two attached hydrogens (primary N) is 1. The van der Waals surface area contributed by atoms with Crippen molar-refractivity contribution in [2.75, 3.05) is 18.2 Å². The Morgan fingerprint density at radius 1 is 1.25 bits per heavy atom. The Bertz CT molecular complexity index is 772. The van der Waals surface area contributed by atoms with Crippen LogP contribution in [0.3, 0.4) is 0 Å². The number of nitrogens with zero attached hydrogens (tertiary/aromatic N) is 1. The molecule has 3 N–H and O–H groups in total. The van der Waals surface area contributed by atoms with Gasteiger partial charge in [-0.2, -0.15) is 0 Å². The first-order chi connectivity index (χ1) is 9.65. The summed E-state index contributed by atoms with van der Waals surface area (Å²) in [5, 5.41) is 3.77. The van der Waals surface area contributed by atoms with Gasteiger partial charge in [0.25, 0.3) is 0 Å². The molecule has 0 aliphatic rings. The third-order valence-corrected chi connectivity index (χ3v) is 3.75. The van der Waals surface area contributed by atoms with Crippen LogP contribution in [0, 0.1) is 5.82 Å². The predicted molar refractivity (Wildman–Crippen MR) is 80.3 cm³/mol. The van der Waals surface area contributed by atoms with Crippen molar-refractivity contribution in [2.45, 2.75) is 0 Å². The van der Waals surface area contributed by atoms with Gasteiger partial charge in [-0.25, -0.2) is 9.37 Å². The summed E-state index contributed by atoms with van der Waals surface area (Å²) >= 11 is 1.47. The molecule has 0 radical (unpaired) electrons. The van der Waals surface area contributed by atoms with Crippen LogP contribution in [0.15, 0.2) is 36.4 Å². The summed E-state index contributed by atoms with van der Waals surface area (Å²) in [7, 11) is 1.43. The van der Waals surface area contributed by atoms with E-state index in [4.69, 9.17) is 10.5 Å². The smallest absolute Gasteiger partial charge is 0.188 e. The Morgan fingerprint density at radius 2 is 2.10 bits per heavy atom. The minimum atomic E-state index is -0.414. The molecule has 0 atom stereocenters. The lowest BCUT2D eigenvalue weighted by Gasteiger charge is -2.05. The number of hydrogen-bond donors (Lipinski definition) is 2. The lowest BCUT2D eigenvalue weighted by atomic mass is 10.3. The zero-order valence-electron chi connectivity index (χ0n) is 10.7. The number of benzene rings is 2. The Labute approximate surface area is 119 Å². The van der Waals surface area contributed by atoms with Gasteiger partial charge in [0.15, 0.2) is 16.7 Å². The maximum Gasteiger partial charge on any atom is 0.188 e. The van der Waals surface area contributed by atoms with Gasteiger partial charge in [-0.3, -0.25) is 0 Å². The summed E-state index contributed by atoms with van der Waals surface area (Å²) in [5.74, 6) is -0.199. The zero-order valence-corrected chi connectivity index (χ0v) is 11.5. The molecule has 0 bridgehead atoms. The number of ether oxygens (including phenoxy) is 1. The molecular formula is C14H12FN3OS. The van der Waals surface area contributed by atoms with Gasteiger partial charge >= 0.3 is 0 Å². The predicted octanol–water partition coefficient (Wildman–Crippen LogP) is 3.77. The number of methoxy groups -OCH3 is 1. The maximum atomic E-state index is 13.6. The SMILES string of the molecule is COc1ccc(Nc2nc3ccc(N)cc3s2)cc1F. The van der Waals surface area contributed by atoms with E-state index >= 15 is 0 Å². The molecular weight excluding hydrogens is 277 g/mol. The van der Waals surface area contributed by atoms with E-state index < -0.39 is 5.82 Å². The van der Waals surface area contributed by atoms with Crippen LogP contribution in [-0.4, -0.2) is 12.1 Å². The standard InChI is InChI=1S/C14H12FN3OS/c1-19-12-5-3-9(7-10(12)15)17-14-18-11-4-2-8(16)6-13(11)20-14/h2-7H,16H2,1H3,(H,17,18). The van der Waals surface area contributed by atoms with Crippen molar-refractivity contribution >= 4 is 38.1 Å². The van der Waals surface area contributed by atoms with Crippen LogP contribution in [-0.2, 0) is 0 Å². The third kappa shape index (κ3) is 2.37. The van der Waals surface area contributed by atoms with Gasteiger partial charge in [0, 0.05) is 17.4 Å². The van der Waals surface area contributed by atoms with Crippen molar-refractivity contribution in [1.29, 1.82) is 0 Å². The van der Waals surface area contributed by atoms with Crippen LogP contribution >= 0.6 is 11.3 Å². The van der Waals surface area contributed by atoms with Crippen LogP contribution in [0.5, 0.6) is 5.75 Å². The molecule has 2 aromatic carbocycles. The molecule has 0 saturated heterocycles. The molecule has 20 heavy (non-hydrogen) atoms. The molecule has 0 aliphatic carbocycles. The zero-order chi connectivity index (χ0) is 14.1. The Kier molecular flexibility index (Phi) is 3.15. The molecule has 0 saturated carbocycles. The molecule has 1 aromatic heterocycles. The fraction of sp³-hybridized carbons (Fsp3) is 0.0714. The number of nitrogens with one attached hydrogen (secondary N) is 1. The highest BCUT2D eigenvalue weighted by Gasteiger charge is 2.07. The molecule has 4 nitrogen and oxygen atoms in total. The average Bonchev–Trinajstić information content (AvgIpc) is 2.80. The second-order valence-corrected chi connectivity index (χ2v) is 5.25. The van der Waals surface area contributed by atoms with Crippen molar-refractivity contribution in [2.24, 2.45) is 0 Å². The van der Waals surface area contributed by atoms with E-state index in [1.807, 2.05) is 12.1 Å². The molecule has 1 heterocycles. The molecule has 3 aromatic rings. The summed E-state index contributed by atoms with van der Waals surface area (Å²) in [6.45, 7) is 0. The number of halogens is 1.